The summed E-state index contributed by atoms with van der Waals surface area (Å²) in [5.74, 6) is 0. The summed E-state index contributed by atoms with van der Waals surface area (Å²) in [6.07, 6.45) is 9.45. The van der Waals surface area contributed by atoms with Gasteiger partial charge in [0.15, 0.2) is 0 Å². The third-order valence-electron chi connectivity index (χ3n) is 2.01. The zero-order valence-corrected chi connectivity index (χ0v) is 14.6. The number of hydrogen-bond acceptors (Lipinski definition) is 1. The Hall–Kier alpha value is 1.21. The first kappa shape index (κ1) is 25.9. The third kappa shape index (κ3) is 36.2. The Balaban J connectivity index is -0.0000000904. The van der Waals surface area contributed by atoms with Gasteiger partial charge in [-0.25, -0.2) is 0 Å². The van der Waals surface area contributed by atoms with Gasteiger partial charge in [0, 0.05) is 13.2 Å². The summed E-state index contributed by atoms with van der Waals surface area (Å²) >= 11 is 0. The van der Waals surface area contributed by atoms with Crippen LogP contribution < -0.4 is 17.0 Å². The van der Waals surface area contributed by atoms with Crippen molar-refractivity contribution in [2.45, 2.75) is 65.7 Å². The van der Waals surface area contributed by atoms with E-state index >= 15 is 0 Å². The first-order chi connectivity index (χ1) is 6.83. The third-order valence-corrected chi connectivity index (χ3v) is 2.01. The predicted octanol–water partition coefficient (Wildman–Crippen LogP) is 1.24. The van der Waals surface area contributed by atoms with E-state index in [1.807, 2.05) is 13.8 Å². The number of unbranched alkanes of at least 4 members (excludes halogenated alkanes) is 6. The number of rotatable bonds is 8. The molecule has 0 radical (unpaired) electrons. The van der Waals surface area contributed by atoms with Crippen molar-refractivity contribution in [1.82, 2.24) is 0 Å². The van der Waals surface area contributed by atoms with Gasteiger partial charge in [0.25, 0.3) is 0 Å². The van der Waals surface area contributed by atoms with E-state index in [2.05, 4.69) is 13.8 Å². The summed E-state index contributed by atoms with van der Waals surface area (Å²) in [4.78, 5) is 0. The van der Waals surface area contributed by atoms with Crippen LogP contribution in [0.2, 0.25) is 0 Å². The van der Waals surface area contributed by atoms with Gasteiger partial charge >= 0.3 is 23.1 Å². The summed E-state index contributed by atoms with van der Waals surface area (Å²) in [5.41, 5.74) is 0. The van der Waals surface area contributed by atoms with Crippen molar-refractivity contribution < 1.29 is 21.7 Å². The molecular weight excluding hydrogens is 276 g/mol. The monoisotopic (exact) mass is 304 g/mol. The Morgan fingerprint density at radius 1 is 0.812 bits per heavy atom. The minimum atomic E-state index is 0. The molecule has 0 spiro atoms. The van der Waals surface area contributed by atoms with Crippen molar-refractivity contribution in [3.8, 4) is 0 Å². The summed E-state index contributed by atoms with van der Waals surface area (Å²) in [5, 5.41) is 0. The fraction of sp³-hybridized carbons (Fsp3) is 0.923. The van der Waals surface area contributed by atoms with Crippen LogP contribution in [0.1, 0.15) is 65.7 Å². The van der Waals surface area contributed by atoms with Gasteiger partial charge < -0.3 is 28.6 Å². The number of halogens is 1. The van der Waals surface area contributed by atoms with E-state index in [9.17, 15) is 0 Å². The molecule has 0 amide bonds. The van der Waals surface area contributed by atoms with Gasteiger partial charge in [-0.15, -0.1) is 0 Å². The second-order valence-electron chi connectivity index (χ2n) is 3.40. The van der Waals surface area contributed by atoms with Gasteiger partial charge in [0.2, 0.25) is 0 Å². The maximum absolute atomic E-state index is 4.83. The fourth-order valence-corrected chi connectivity index (χ4v) is 1.16. The van der Waals surface area contributed by atoms with Crippen molar-refractivity contribution in [2.75, 3.05) is 13.2 Å². The molecule has 0 aliphatic heterocycles. The van der Waals surface area contributed by atoms with E-state index < -0.39 is 0 Å². The topological polar surface area (TPSA) is 9.23 Å². The molecule has 3 heteroatoms. The summed E-state index contributed by atoms with van der Waals surface area (Å²) in [6, 6.07) is 0. The van der Waals surface area contributed by atoms with E-state index in [1.54, 1.807) is 0 Å². The largest absolute Gasteiger partial charge is 2.00 e. The molecule has 16 heavy (non-hydrogen) atoms. The average Bonchev–Trinajstić information content (AvgIpc) is 2.20. The molecule has 96 valence electrons. The normalized spacial score (nSPS) is 8.25. The molecule has 0 aliphatic rings. The Labute approximate surface area is 130 Å². The summed E-state index contributed by atoms with van der Waals surface area (Å²) < 4.78 is 4.83. The van der Waals surface area contributed by atoms with Crippen molar-refractivity contribution >= 4 is 23.1 Å². The molecule has 0 aromatic rings. The quantitative estimate of drug-likeness (QED) is 0.372. The van der Waals surface area contributed by atoms with E-state index in [0.717, 1.165) is 19.6 Å². The van der Waals surface area contributed by atoms with Crippen LogP contribution in [-0.2, 0) is 4.74 Å². The minimum Gasteiger partial charge on any atom is -1.00 e. The van der Waals surface area contributed by atoms with E-state index in [1.165, 1.54) is 38.5 Å². The van der Waals surface area contributed by atoms with Crippen LogP contribution in [-0.4, -0.2) is 36.3 Å². The number of hydrogen-bond donors (Lipinski definition) is 0. The van der Waals surface area contributed by atoms with Gasteiger partial charge in [-0.05, 0) is 13.8 Å². The maximum atomic E-state index is 4.83. The van der Waals surface area contributed by atoms with Gasteiger partial charge in [-0.1, -0.05) is 45.4 Å². The molecule has 0 rings (SSSR count). The van der Waals surface area contributed by atoms with Crippen LogP contribution in [0.15, 0.2) is 0 Å². The Morgan fingerprint density at radius 2 is 1.25 bits per heavy atom. The van der Waals surface area contributed by atoms with Crippen LogP contribution in [0.4, 0.5) is 0 Å². The molecule has 0 atom stereocenters. The maximum Gasteiger partial charge on any atom is 2.00 e. The first-order valence-electron chi connectivity index (χ1n) is 6.20. The fourth-order valence-electron chi connectivity index (χ4n) is 1.16. The molecule has 0 saturated carbocycles. The van der Waals surface area contributed by atoms with Gasteiger partial charge in [-0.2, -0.15) is 6.42 Å². The molecular formula is C13H29BrMgO. The minimum absolute atomic E-state index is 0. The van der Waals surface area contributed by atoms with Crippen LogP contribution in [0.25, 0.3) is 0 Å². The molecule has 0 saturated heterocycles. The molecule has 0 unspecified atom stereocenters. The molecule has 0 N–H and O–H groups in total. The first-order valence-corrected chi connectivity index (χ1v) is 6.20. The molecule has 0 aromatic carbocycles. The van der Waals surface area contributed by atoms with E-state index in [4.69, 9.17) is 4.74 Å². The summed E-state index contributed by atoms with van der Waals surface area (Å²) in [7, 11) is 0. The Morgan fingerprint density at radius 3 is 1.56 bits per heavy atom. The zero-order valence-electron chi connectivity index (χ0n) is 11.6. The molecule has 0 heterocycles. The van der Waals surface area contributed by atoms with E-state index in [-0.39, 0.29) is 40.0 Å². The standard InChI is InChI=1S/C9H19.C4H10O.BrH.Mg/c1-3-5-7-9-8-6-4-2;1-3-5-4-2;;/h1,3-9H2,2H3;3-4H2,1-2H3;1H;/q-1;;;+2/p-1. The number of ether oxygens (including phenoxy) is 1. The second kappa shape index (κ2) is 29.8. The SMILES string of the molecule is CCOCC.[Br-].[CH2-]CCCCCCCC.[Mg+2]. The summed E-state index contributed by atoms with van der Waals surface area (Å²) in [6.45, 7) is 11.7. The zero-order chi connectivity index (χ0) is 11.1. The van der Waals surface area contributed by atoms with Crippen molar-refractivity contribution in [3.63, 3.8) is 0 Å². The van der Waals surface area contributed by atoms with Crippen molar-refractivity contribution in [2.24, 2.45) is 0 Å². The molecule has 0 aliphatic carbocycles. The van der Waals surface area contributed by atoms with Crippen LogP contribution >= 0.6 is 0 Å². The average molecular weight is 306 g/mol. The smallest absolute Gasteiger partial charge is 1.00 e. The second-order valence-corrected chi connectivity index (χ2v) is 3.40. The van der Waals surface area contributed by atoms with Gasteiger partial charge in [0.05, 0.1) is 0 Å². The molecule has 0 bridgehead atoms. The Kier molecular flexibility index (Phi) is 48.3. The van der Waals surface area contributed by atoms with E-state index in [0.29, 0.717) is 0 Å². The predicted molar refractivity (Wildman–Crippen MR) is 71.3 cm³/mol. The van der Waals surface area contributed by atoms with Crippen LogP contribution in [0.5, 0.6) is 0 Å². The van der Waals surface area contributed by atoms with Gasteiger partial charge in [-0.3, -0.25) is 0 Å². The molecule has 0 aromatic heterocycles. The van der Waals surface area contributed by atoms with Crippen LogP contribution in [0.3, 0.4) is 0 Å². The van der Waals surface area contributed by atoms with Gasteiger partial charge in [0.1, 0.15) is 0 Å². The van der Waals surface area contributed by atoms with Crippen molar-refractivity contribution in [1.29, 1.82) is 0 Å². The van der Waals surface area contributed by atoms with Crippen molar-refractivity contribution in [3.05, 3.63) is 6.92 Å². The van der Waals surface area contributed by atoms with Crippen LogP contribution in [0, 0.1) is 6.92 Å². The molecule has 1 nitrogen and oxygen atoms in total. The molecule has 0 fully saturated rings. The Bertz CT molecular complexity index is 74.3.